The van der Waals surface area contributed by atoms with Gasteiger partial charge in [0, 0.05) is 5.56 Å². The Morgan fingerprint density at radius 3 is 2.18 bits per heavy atom. The Balaban J connectivity index is 3.08. The van der Waals surface area contributed by atoms with Crippen LogP contribution in [0.1, 0.15) is 41.8 Å². The van der Waals surface area contributed by atoms with Crippen LogP contribution < -0.4 is 10.1 Å². The lowest BCUT2D eigenvalue weighted by molar-refractivity contribution is -0.143. The molecule has 1 aromatic rings. The lowest BCUT2D eigenvalue weighted by Crippen LogP contribution is -2.51. The second-order valence-electron chi connectivity index (χ2n) is 5.26. The second kappa shape index (κ2) is 6.72. The molecule has 122 valence electrons. The maximum atomic E-state index is 12.3. The van der Waals surface area contributed by atoms with Crippen LogP contribution >= 0.6 is 0 Å². The molecule has 22 heavy (non-hydrogen) atoms. The minimum absolute atomic E-state index is 0.0167. The van der Waals surface area contributed by atoms with Gasteiger partial charge in [0.15, 0.2) is 0 Å². The molecule has 5 nitrogen and oxygen atoms in total. The van der Waals surface area contributed by atoms with Crippen LogP contribution in [0, 0.1) is 13.8 Å². The Bertz CT molecular complexity index is 566. The predicted octanol–water partition coefficient (Wildman–Crippen LogP) is 2.89. The van der Waals surface area contributed by atoms with E-state index < -0.39 is 24.0 Å². The van der Waals surface area contributed by atoms with Gasteiger partial charge in [0.05, 0.1) is 0 Å². The van der Waals surface area contributed by atoms with Gasteiger partial charge in [-0.1, -0.05) is 6.92 Å². The third kappa shape index (κ3) is 3.93. The van der Waals surface area contributed by atoms with Crippen molar-refractivity contribution in [2.75, 3.05) is 0 Å². The molecule has 0 heterocycles. The van der Waals surface area contributed by atoms with E-state index in [1.54, 1.807) is 6.92 Å². The fourth-order valence-corrected chi connectivity index (χ4v) is 1.97. The molecular weight excluding hydrogens is 296 g/mol. The summed E-state index contributed by atoms with van der Waals surface area (Å²) in [5.41, 5.74) is -0.452. The number of aryl methyl sites for hydroxylation is 2. The summed E-state index contributed by atoms with van der Waals surface area (Å²) in [5, 5.41) is 11.6. The number of aliphatic carboxylic acids is 1. The van der Waals surface area contributed by atoms with Crippen molar-refractivity contribution in [3.05, 3.63) is 28.8 Å². The maximum absolute atomic E-state index is 12.3. The van der Waals surface area contributed by atoms with Crippen molar-refractivity contribution in [1.29, 1.82) is 0 Å². The van der Waals surface area contributed by atoms with Gasteiger partial charge in [-0.25, -0.2) is 4.79 Å². The van der Waals surface area contributed by atoms with E-state index in [0.717, 1.165) is 0 Å². The van der Waals surface area contributed by atoms with Crippen LogP contribution in [0.4, 0.5) is 8.78 Å². The van der Waals surface area contributed by atoms with Crippen LogP contribution in [0.5, 0.6) is 5.75 Å². The van der Waals surface area contributed by atoms with E-state index in [9.17, 15) is 18.4 Å². The van der Waals surface area contributed by atoms with Crippen molar-refractivity contribution >= 4 is 11.9 Å². The van der Waals surface area contributed by atoms with Crippen LogP contribution in [-0.2, 0) is 4.79 Å². The Morgan fingerprint density at radius 2 is 1.82 bits per heavy atom. The first kappa shape index (κ1) is 17.9. The predicted molar refractivity (Wildman–Crippen MR) is 76.3 cm³/mol. The van der Waals surface area contributed by atoms with Gasteiger partial charge in [-0.15, -0.1) is 0 Å². The number of carbonyl (C=O) groups is 2. The van der Waals surface area contributed by atoms with E-state index in [0.29, 0.717) is 11.1 Å². The van der Waals surface area contributed by atoms with E-state index in [2.05, 4.69) is 10.1 Å². The van der Waals surface area contributed by atoms with Gasteiger partial charge >= 0.3 is 12.6 Å². The van der Waals surface area contributed by atoms with Crippen molar-refractivity contribution in [2.24, 2.45) is 0 Å². The fraction of sp³-hybridized carbons (Fsp3) is 0.467. The number of alkyl halides is 2. The van der Waals surface area contributed by atoms with Crippen LogP contribution in [0.2, 0.25) is 0 Å². The molecule has 0 aliphatic carbocycles. The Hall–Kier alpha value is -2.18. The summed E-state index contributed by atoms with van der Waals surface area (Å²) in [6.07, 6.45) is 0.207. The molecule has 2 N–H and O–H groups in total. The molecule has 0 aliphatic heterocycles. The number of rotatable bonds is 6. The number of benzene rings is 1. The summed E-state index contributed by atoms with van der Waals surface area (Å²) in [6, 6.07) is 2.77. The molecular formula is C15H19F2NO4. The summed E-state index contributed by atoms with van der Waals surface area (Å²) < 4.78 is 29.1. The van der Waals surface area contributed by atoms with E-state index in [4.69, 9.17) is 5.11 Å². The topological polar surface area (TPSA) is 75.6 Å². The molecule has 0 aromatic heterocycles. The number of hydrogen-bond acceptors (Lipinski definition) is 3. The number of halogens is 2. The molecule has 0 saturated carbocycles. The molecule has 1 aromatic carbocycles. The van der Waals surface area contributed by atoms with Gasteiger partial charge in [-0.2, -0.15) is 8.78 Å². The van der Waals surface area contributed by atoms with Crippen molar-refractivity contribution < 1.29 is 28.2 Å². The highest BCUT2D eigenvalue weighted by atomic mass is 19.3. The normalized spacial score (nSPS) is 13.6. The van der Waals surface area contributed by atoms with E-state index in [1.165, 1.54) is 32.9 Å². The molecule has 0 fully saturated rings. The number of carbonyl (C=O) groups excluding carboxylic acids is 1. The molecule has 0 radical (unpaired) electrons. The first-order valence-electron chi connectivity index (χ1n) is 6.72. The average molecular weight is 315 g/mol. The number of carboxylic acid groups (broad SMARTS) is 1. The van der Waals surface area contributed by atoms with Gasteiger partial charge in [-0.05, 0) is 50.5 Å². The SMILES string of the molecule is CCC(C)(NC(=O)c1cc(C)c(OC(F)F)c(C)c1)C(=O)O. The molecule has 1 unspecified atom stereocenters. The maximum Gasteiger partial charge on any atom is 0.387 e. The Kier molecular flexibility index (Phi) is 5.46. The quantitative estimate of drug-likeness (QED) is 0.846. The highest BCUT2D eigenvalue weighted by molar-refractivity contribution is 5.98. The van der Waals surface area contributed by atoms with Gasteiger partial charge in [0.1, 0.15) is 11.3 Å². The Labute approximate surface area is 127 Å². The van der Waals surface area contributed by atoms with Gasteiger partial charge in [0.2, 0.25) is 0 Å². The standard InChI is InChI=1S/C15H19F2NO4/c1-5-15(4,13(20)21)18-12(19)10-6-8(2)11(9(3)7-10)22-14(16)17/h6-7,14H,5H2,1-4H3,(H,18,19)(H,20,21). The lowest BCUT2D eigenvalue weighted by atomic mass is 9.97. The van der Waals surface area contributed by atoms with Crippen LogP contribution in [0.25, 0.3) is 0 Å². The van der Waals surface area contributed by atoms with Crippen molar-refractivity contribution in [1.82, 2.24) is 5.32 Å². The molecule has 1 rings (SSSR count). The van der Waals surface area contributed by atoms with E-state index in [-0.39, 0.29) is 17.7 Å². The molecule has 1 atom stereocenters. The fourth-order valence-electron chi connectivity index (χ4n) is 1.97. The van der Waals surface area contributed by atoms with Crippen molar-refractivity contribution in [2.45, 2.75) is 46.3 Å². The third-order valence-electron chi connectivity index (χ3n) is 3.50. The number of hydrogen-bond donors (Lipinski definition) is 2. The third-order valence-corrected chi connectivity index (χ3v) is 3.50. The van der Waals surface area contributed by atoms with Crippen LogP contribution in [-0.4, -0.2) is 29.1 Å². The zero-order valence-corrected chi connectivity index (χ0v) is 12.9. The molecule has 7 heteroatoms. The summed E-state index contributed by atoms with van der Waals surface area (Å²) in [6.45, 7) is 3.17. The highest BCUT2D eigenvalue weighted by Gasteiger charge is 2.33. The van der Waals surface area contributed by atoms with Crippen LogP contribution in [0.3, 0.4) is 0 Å². The zero-order valence-electron chi connectivity index (χ0n) is 12.9. The lowest BCUT2D eigenvalue weighted by Gasteiger charge is -2.25. The molecule has 0 spiro atoms. The van der Waals surface area contributed by atoms with Gasteiger partial charge in [0.25, 0.3) is 5.91 Å². The smallest absolute Gasteiger partial charge is 0.387 e. The van der Waals surface area contributed by atoms with E-state index in [1.807, 2.05) is 0 Å². The van der Waals surface area contributed by atoms with Crippen LogP contribution in [0.15, 0.2) is 12.1 Å². The second-order valence-corrected chi connectivity index (χ2v) is 5.26. The highest BCUT2D eigenvalue weighted by Crippen LogP contribution is 2.26. The average Bonchev–Trinajstić information content (AvgIpc) is 2.41. The molecule has 1 amide bonds. The van der Waals surface area contributed by atoms with Gasteiger partial charge in [-0.3, -0.25) is 4.79 Å². The Morgan fingerprint density at radius 1 is 1.32 bits per heavy atom. The minimum Gasteiger partial charge on any atom is -0.480 e. The number of ether oxygens (including phenoxy) is 1. The first-order chi connectivity index (χ1) is 10.1. The summed E-state index contributed by atoms with van der Waals surface area (Å²) in [7, 11) is 0. The van der Waals surface area contributed by atoms with Crippen molar-refractivity contribution in [3.63, 3.8) is 0 Å². The summed E-state index contributed by atoms with van der Waals surface area (Å²) >= 11 is 0. The van der Waals surface area contributed by atoms with Crippen molar-refractivity contribution in [3.8, 4) is 5.75 Å². The summed E-state index contributed by atoms with van der Waals surface area (Å²) in [4.78, 5) is 23.4. The summed E-state index contributed by atoms with van der Waals surface area (Å²) in [5.74, 6) is -1.71. The molecule has 0 saturated heterocycles. The molecule has 0 bridgehead atoms. The van der Waals surface area contributed by atoms with Gasteiger partial charge < -0.3 is 15.2 Å². The monoisotopic (exact) mass is 315 g/mol. The number of amides is 1. The minimum atomic E-state index is -2.95. The number of carboxylic acids is 1. The first-order valence-corrected chi connectivity index (χ1v) is 6.72. The molecule has 0 aliphatic rings. The largest absolute Gasteiger partial charge is 0.480 e. The number of nitrogens with one attached hydrogen (secondary N) is 1. The van der Waals surface area contributed by atoms with E-state index >= 15 is 0 Å². The zero-order chi connectivity index (χ0) is 17.1.